The van der Waals surface area contributed by atoms with E-state index in [1.165, 1.54) is 0 Å². The molecule has 0 saturated carbocycles. The van der Waals surface area contributed by atoms with Crippen molar-refractivity contribution in [2.24, 2.45) is 0 Å². The summed E-state index contributed by atoms with van der Waals surface area (Å²) in [7, 11) is 1.12. The van der Waals surface area contributed by atoms with Crippen molar-refractivity contribution < 1.29 is 49.6 Å². The summed E-state index contributed by atoms with van der Waals surface area (Å²) in [4.78, 5) is 11.4. The van der Waals surface area contributed by atoms with Crippen LogP contribution in [0, 0.1) is 0 Å². The number of hydrogen-bond acceptors (Lipinski definition) is 10. The third kappa shape index (κ3) is 3.37. The van der Waals surface area contributed by atoms with E-state index in [0.717, 1.165) is 19.2 Å². The molecule has 24 heavy (non-hydrogen) atoms. The number of carbonyl (C=O) groups is 1. The van der Waals surface area contributed by atoms with Crippen LogP contribution in [0.5, 0.6) is 17.2 Å². The summed E-state index contributed by atoms with van der Waals surface area (Å²) in [5, 5.41) is 58.1. The summed E-state index contributed by atoms with van der Waals surface area (Å²) >= 11 is 0. The first-order valence-electron chi connectivity index (χ1n) is 6.91. The standard InChI is InChI=1S/C14H18O10/c1-22-13(21)5-2-6(16)12(7(17)3-5)24-14-11(20)10(19)9(18)8(4-15)23-14/h2-3,8-11,14-20H,4H2,1H3/t8-,9-,10+,11-,14+/m1/s1. The Morgan fingerprint density at radius 3 is 2.21 bits per heavy atom. The van der Waals surface area contributed by atoms with Crippen LogP contribution in [0.15, 0.2) is 12.1 Å². The van der Waals surface area contributed by atoms with Crippen LogP contribution in [0.1, 0.15) is 10.4 Å². The molecule has 1 aromatic carbocycles. The molecule has 5 atom stereocenters. The van der Waals surface area contributed by atoms with Crippen molar-refractivity contribution in [3.8, 4) is 17.2 Å². The van der Waals surface area contributed by atoms with Crippen LogP contribution in [-0.2, 0) is 9.47 Å². The van der Waals surface area contributed by atoms with E-state index in [4.69, 9.17) is 14.6 Å². The zero-order valence-corrected chi connectivity index (χ0v) is 12.6. The van der Waals surface area contributed by atoms with Gasteiger partial charge < -0.3 is 44.8 Å². The fraction of sp³-hybridized carbons (Fsp3) is 0.500. The number of methoxy groups -OCH3 is 1. The highest BCUT2D eigenvalue weighted by molar-refractivity contribution is 5.91. The predicted octanol–water partition coefficient (Wildman–Crippen LogP) is -1.94. The van der Waals surface area contributed by atoms with E-state index in [2.05, 4.69) is 4.74 Å². The SMILES string of the molecule is COC(=O)c1cc(O)c(O[C@@H]2O[C@H](CO)[C@@H](O)[C@H](O)[C@H]2O)c(O)c1. The lowest BCUT2D eigenvalue weighted by atomic mass is 9.99. The molecule has 1 heterocycles. The first-order chi connectivity index (χ1) is 11.3. The van der Waals surface area contributed by atoms with Gasteiger partial charge in [-0.1, -0.05) is 0 Å². The van der Waals surface area contributed by atoms with Gasteiger partial charge in [-0.3, -0.25) is 0 Å². The number of phenolic OH excluding ortho intramolecular Hbond substituents is 2. The Hall–Kier alpha value is -2.11. The number of aliphatic hydroxyl groups excluding tert-OH is 4. The normalized spacial score (nSPS) is 30.0. The number of aliphatic hydroxyl groups is 4. The van der Waals surface area contributed by atoms with E-state index < -0.39 is 60.5 Å². The van der Waals surface area contributed by atoms with Gasteiger partial charge in [0.05, 0.1) is 19.3 Å². The number of carbonyl (C=O) groups excluding carboxylic acids is 1. The molecule has 2 rings (SSSR count). The molecule has 0 bridgehead atoms. The number of phenols is 2. The van der Waals surface area contributed by atoms with E-state index in [9.17, 15) is 30.3 Å². The molecule has 10 nitrogen and oxygen atoms in total. The molecule has 0 amide bonds. The van der Waals surface area contributed by atoms with Crippen molar-refractivity contribution in [1.82, 2.24) is 0 Å². The molecule has 1 fully saturated rings. The van der Waals surface area contributed by atoms with Gasteiger partial charge in [0, 0.05) is 0 Å². The van der Waals surface area contributed by atoms with Gasteiger partial charge in [0.25, 0.3) is 0 Å². The fourth-order valence-electron chi connectivity index (χ4n) is 2.24. The molecule has 0 spiro atoms. The number of ether oxygens (including phenoxy) is 3. The molecule has 1 aliphatic rings. The minimum atomic E-state index is -1.72. The second-order valence-corrected chi connectivity index (χ2v) is 5.15. The van der Waals surface area contributed by atoms with Crippen LogP contribution in [0.25, 0.3) is 0 Å². The third-order valence-electron chi connectivity index (χ3n) is 3.55. The van der Waals surface area contributed by atoms with Crippen molar-refractivity contribution in [2.75, 3.05) is 13.7 Å². The topological polar surface area (TPSA) is 166 Å². The highest BCUT2D eigenvalue weighted by atomic mass is 16.7. The van der Waals surface area contributed by atoms with E-state index in [1.807, 2.05) is 0 Å². The molecule has 0 unspecified atom stereocenters. The highest BCUT2D eigenvalue weighted by Crippen LogP contribution is 2.39. The summed E-state index contributed by atoms with van der Waals surface area (Å²) in [6.07, 6.45) is -7.79. The van der Waals surface area contributed by atoms with E-state index >= 15 is 0 Å². The molecule has 1 aromatic rings. The van der Waals surface area contributed by atoms with Gasteiger partial charge in [-0.25, -0.2) is 4.79 Å². The predicted molar refractivity (Wildman–Crippen MR) is 75.5 cm³/mol. The molecule has 1 saturated heterocycles. The van der Waals surface area contributed by atoms with Gasteiger partial charge >= 0.3 is 5.97 Å². The second kappa shape index (κ2) is 7.20. The molecule has 134 valence electrons. The zero-order chi connectivity index (χ0) is 18.0. The van der Waals surface area contributed by atoms with Gasteiger partial charge in [0.15, 0.2) is 11.5 Å². The molecular formula is C14H18O10. The second-order valence-electron chi connectivity index (χ2n) is 5.15. The number of rotatable bonds is 4. The Balaban J connectivity index is 2.25. The highest BCUT2D eigenvalue weighted by Gasteiger charge is 2.45. The minimum absolute atomic E-state index is 0.145. The largest absolute Gasteiger partial charge is 0.504 e. The van der Waals surface area contributed by atoms with E-state index in [0.29, 0.717) is 0 Å². The van der Waals surface area contributed by atoms with Crippen LogP contribution in [0.3, 0.4) is 0 Å². The average Bonchev–Trinajstić information content (AvgIpc) is 2.56. The molecule has 6 N–H and O–H groups in total. The molecule has 0 radical (unpaired) electrons. The molecule has 1 aliphatic heterocycles. The Kier molecular flexibility index (Phi) is 5.47. The molecule has 0 aliphatic carbocycles. The Bertz CT molecular complexity index is 578. The van der Waals surface area contributed by atoms with Gasteiger partial charge in [0.2, 0.25) is 12.0 Å². The van der Waals surface area contributed by atoms with Crippen LogP contribution in [0.4, 0.5) is 0 Å². The summed E-state index contributed by atoms with van der Waals surface area (Å²) in [6.45, 7) is -0.663. The molecule has 0 aromatic heterocycles. The lowest BCUT2D eigenvalue weighted by molar-refractivity contribution is -0.277. The number of benzene rings is 1. The fourth-order valence-corrected chi connectivity index (χ4v) is 2.24. The Morgan fingerprint density at radius 2 is 1.71 bits per heavy atom. The number of esters is 1. The van der Waals surface area contributed by atoms with Gasteiger partial charge in [-0.05, 0) is 12.1 Å². The smallest absolute Gasteiger partial charge is 0.338 e. The van der Waals surface area contributed by atoms with Gasteiger partial charge in [0.1, 0.15) is 24.4 Å². The monoisotopic (exact) mass is 346 g/mol. The van der Waals surface area contributed by atoms with Crippen LogP contribution in [-0.4, -0.2) is 81.0 Å². The minimum Gasteiger partial charge on any atom is -0.504 e. The summed E-state index contributed by atoms with van der Waals surface area (Å²) < 4.78 is 14.7. The van der Waals surface area contributed by atoms with E-state index in [-0.39, 0.29) is 5.56 Å². The van der Waals surface area contributed by atoms with Crippen molar-refractivity contribution in [2.45, 2.75) is 30.7 Å². The third-order valence-corrected chi connectivity index (χ3v) is 3.55. The summed E-state index contributed by atoms with van der Waals surface area (Å²) in [5.41, 5.74) is -0.145. The van der Waals surface area contributed by atoms with Crippen molar-refractivity contribution >= 4 is 5.97 Å². The van der Waals surface area contributed by atoms with Crippen molar-refractivity contribution in [1.29, 1.82) is 0 Å². The van der Waals surface area contributed by atoms with Crippen molar-refractivity contribution in [3.63, 3.8) is 0 Å². The Labute approximate surface area is 136 Å². The van der Waals surface area contributed by atoms with Gasteiger partial charge in [-0.15, -0.1) is 0 Å². The van der Waals surface area contributed by atoms with Crippen LogP contribution < -0.4 is 4.74 Å². The lowest BCUT2D eigenvalue weighted by Gasteiger charge is -2.39. The average molecular weight is 346 g/mol. The quantitative estimate of drug-likeness (QED) is 0.338. The number of aromatic hydroxyl groups is 2. The zero-order valence-electron chi connectivity index (χ0n) is 12.6. The maximum atomic E-state index is 11.4. The lowest BCUT2D eigenvalue weighted by Crippen LogP contribution is -2.60. The summed E-state index contributed by atoms with van der Waals surface area (Å²) in [6, 6.07) is 1.93. The Morgan fingerprint density at radius 1 is 1.12 bits per heavy atom. The van der Waals surface area contributed by atoms with Crippen molar-refractivity contribution in [3.05, 3.63) is 17.7 Å². The summed E-state index contributed by atoms with van der Waals surface area (Å²) in [5.74, 6) is -2.62. The number of hydrogen-bond donors (Lipinski definition) is 6. The van der Waals surface area contributed by atoms with Gasteiger partial charge in [-0.2, -0.15) is 0 Å². The molecular weight excluding hydrogens is 328 g/mol. The first-order valence-corrected chi connectivity index (χ1v) is 6.91. The maximum absolute atomic E-state index is 11.4. The maximum Gasteiger partial charge on any atom is 0.338 e. The van der Waals surface area contributed by atoms with Crippen LogP contribution in [0.2, 0.25) is 0 Å². The van der Waals surface area contributed by atoms with Crippen LogP contribution >= 0.6 is 0 Å². The first kappa shape index (κ1) is 18.2. The van der Waals surface area contributed by atoms with E-state index in [1.54, 1.807) is 0 Å². The molecule has 10 heteroatoms.